The molecule has 0 saturated carbocycles. The first kappa shape index (κ1) is 9.65. The number of benzene rings is 1. The monoisotopic (exact) mass is 177 g/mol. The van der Waals surface area contributed by atoms with Gasteiger partial charge in [0, 0.05) is 11.3 Å². The highest BCUT2D eigenvalue weighted by Gasteiger charge is 2.03. The molecular formula is C11H15NO. The molecule has 0 aliphatic rings. The molecule has 2 heteroatoms. The fourth-order valence-corrected chi connectivity index (χ4v) is 1.16. The van der Waals surface area contributed by atoms with Crippen LogP contribution in [-0.4, -0.2) is 7.11 Å². The Morgan fingerprint density at radius 1 is 1.54 bits per heavy atom. The Morgan fingerprint density at radius 3 is 2.77 bits per heavy atom. The number of rotatable bonds is 3. The van der Waals surface area contributed by atoms with Crippen molar-refractivity contribution in [3.63, 3.8) is 0 Å². The molecule has 70 valence electrons. The SMILES string of the molecule is C=C(CC)c1cc(OC)ccc1N. The first-order chi connectivity index (χ1) is 6.19. The Kier molecular flexibility index (Phi) is 2.96. The molecule has 0 bridgehead atoms. The van der Waals surface area contributed by atoms with E-state index >= 15 is 0 Å². The molecule has 0 aromatic heterocycles. The van der Waals surface area contributed by atoms with Crippen molar-refractivity contribution in [3.8, 4) is 5.75 Å². The van der Waals surface area contributed by atoms with Crippen LogP contribution in [0.2, 0.25) is 0 Å². The average Bonchev–Trinajstić information content (AvgIpc) is 2.17. The predicted molar refractivity (Wildman–Crippen MR) is 56.7 cm³/mol. The van der Waals surface area contributed by atoms with Crippen LogP contribution in [0.15, 0.2) is 24.8 Å². The third-order valence-corrected chi connectivity index (χ3v) is 2.07. The van der Waals surface area contributed by atoms with E-state index in [9.17, 15) is 0 Å². The van der Waals surface area contributed by atoms with E-state index in [0.29, 0.717) is 0 Å². The summed E-state index contributed by atoms with van der Waals surface area (Å²) in [6.07, 6.45) is 0.900. The lowest BCUT2D eigenvalue weighted by atomic mass is 10.0. The van der Waals surface area contributed by atoms with Gasteiger partial charge in [-0.3, -0.25) is 0 Å². The smallest absolute Gasteiger partial charge is 0.119 e. The zero-order valence-corrected chi connectivity index (χ0v) is 8.13. The molecule has 0 radical (unpaired) electrons. The Labute approximate surface area is 79.0 Å². The number of allylic oxidation sites excluding steroid dienone is 1. The minimum Gasteiger partial charge on any atom is -0.497 e. The van der Waals surface area contributed by atoms with Crippen molar-refractivity contribution in [3.05, 3.63) is 30.3 Å². The van der Waals surface area contributed by atoms with Gasteiger partial charge in [0.25, 0.3) is 0 Å². The van der Waals surface area contributed by atoms with E-state index in [1.54, 1.807) is 7.11 Å². The van der Waals surface area contributed by atoms with Gasteiger partial charge in [0.1, 0.15) is 5.75 Å². The van der Waals surface area contributed by atoms with Crippen LogP contribution in [0.4, 0.5) is 5.69 Å². The van der Waals surface area contributed by atoms with Gasteiger partial charge in [-0.15, -0.1) is 0 Å². The van der Waals surface area contributed by atoms with Crippen LogP contribution >= 0.6 is 0 Å². The van der Waals surface area contributed by atoms with Gasteiger partial charge >= 0.3 is 0 Å². The third kappa shape index (κ3) is 2.02. The predicted octanol–water partition coefficient (Wildman–Crippen LogP) is 2.70. The number of methoxy groups -OCH3 is 1. The van der Waals surface area contributed by atoms with E-state index in [1.807, 2.05) is 18.2 Å². The van der Waals surface area contributed by atoms with Gasteiger partial charge in [0.15, 0.2) is 0 Å². The molecule has 0 saturated heterocycles. The van der Waals surface area contributed by atoms with Gasteiger partial charge in [-0.1, -0.05) is 13.5 Å². The van der Waals surface area contributed by atoms with Crippen LogP contribution in [0.1, 0.15) is 18.9 Å². The largest absolute Gasteiger partial charge is 0.497 e. The second-order valence-electron chi connectivity index (χ2n) is 2.91. The normalized spacial score (nSPS) is 9.69. The van der Waals surface area contributed by atoms with Crippen molar-refractivity contribution in [2.24, 2.45) is 0 Å². The van der Waals surface area contributed by atoms with Gasteiger partial charge in [-0.2, -0.15) is 0 Å². The summed E-state index contributed by atoms with van der Waals surface area (Å²) in [4.78, 5) is 0. The molecule has 0 heterocycles. The van der Waals surface area contributed by atoms with E-state index in [0.717, 1.165) is 29.0 Å². The summed E-state index contributed by atoms with van der Waals surface area (Å²) < 4.78 is 5.11. The van der Waals surface area contributed by atoms with Crippen molar-refractivity contribution in [2.75, 3.05) is 12.8 Å². The first-order valence-corrected chi connectivity index (χ1v) is 4.30. The molecule has 1 aromatic rings. The maximum atomic E-state index is 5.80. The van der Waals surface area contributed by atoms with Crippen LogP contribution < -0.4 is 10.5 Å². The Hall–Kier alpha value is -1.44. The Morgan fingerprint density at radius 2 is 2.23 bits per heavy atom. The maximum Gasteiger partial charge on any atom is 0.119 e. The highest BCUT2D eigenvalue weighted by Crippen LogP contribution is 2.26. The van der Waals surface area contributed by atoms with E-state index in [-0.39, 0.29) is 0 Å². The van der Waals surface area contributed by atoms with Crippen LogP contribution in [0, 0.1) is 0 Å². The zero-order valence-electron chi connectivity index (χ0n) is 8.13. The molecule has 0 aliphatic heterocycles. The summed E-state index contributed by atoms with van der Waals surface area (Å²) in [5.41, 5.74) is 8.59. The van der Waals surface area contributed by atoms with E-state index in [4.69, 9.17) is 10.5 Å². The molecule has 0 atom stereocenters. The zero-order chi connectivity index (χ0) is 9.84. The van der Waals surface area contributed by atoms with Crippen molar-refractivity contribution in [1.29, 1.82) is 0 Å². The van der Waals surface area contributed by atoms with Crippen molar-refractivity contribution in [2.45, 2.75) is 13.3 Å². The van der Waals surface area contributed by atoms with Crippen LogP contribution in [-0.2, 0) is 0 Å². The summed E-state index contributed by atoms with van der Waals surface area (Å²) in [6, 6.07) is 5.61. The van der Waals surface area contributed by atoms with Crippen molar-refractivity contribution in [1.82, 2.24) is 0 Å². The van der Waals surface area contributed by atoms with Crippen LogP contribution in [0.3, 0.4) is 0 Å². The molecule has 1 rings (SSSR count). The summed E-state index contributed by atoms with van der Waals surface area (Å²) in [5, 5.41) is 0. The molecule has 2 N–H and O–H groups in total. The van der Waals surface area contributed by atoms with Gasteiger partial charge in [-0.25, -0.2) is 0 Å². The van der Waals surface area contributed by atoms with Crippen molar-refractivity contribution >= 4 is 11.3 Å². The molecule has 2 nitrogen and oxygen atoms in total. The lowest BCUT2D eigenvalue weighted by molar-refractivity contribution is 0.414. The van der Waals surface area contributed by atoms with Gasteiger partial charge in [0.2, 0.25) is 0 Å². The molecule has 0 fully saturated rings. The molecule has 1 aromatic carbocycles. The molecule has 0 aliphatic carbocycles. The summed E-state index contributed by atoms with van der Waals surface area (Å²) >= 11 is 0. The minimum atomic E-state index is 0.757. The topological polar surface area (TPSA) is 35.2 Å². The van der Waals surface area contributed by atoms with Gasteiger partial charge < -0.3 is 10.5 Å². The number of hydrogen-bond acceptors (Lipinski definition) is 2. The molecular weight excluding hydrogens is 162 g/mol. The quantitative estimate of drug-likeness (QED) is 0.720. The highest BCUT2D eigenvalue weighted by molar-refractivity contribution is 5.74. The van der Waals surface area contributed by atoms with Crippen molar-refractivity contribution < 1.29 is 4.74 Å². The fraction of sp³-hybridized carbons (Fsp3) is 0.273. The number of ether oxygens (including phenoxy) is 1. The fourth-order valence-electron chi connectivity index (χ4n) is 1.16. The standard InChI is InChI=1S/C11H15NO/c1-4-8(2)10-7-9(13-3)5-6-11(10)12/h5-7H,2,4,12H2,1,3H3. The summed E-state index contributed by atoms with van der Waals surface area (Å²) in [7, 11) is 1.64. The molecule has 0 unspecified atom stereocenters. The summed E-state index contributed by atoms with van der Waals surface area (Å²) in [5.74, 6) is 0.818. The van der Waals surface area contributed by atoms with E-state index in [1.165, 1.54) is 0 Å². The number of nitrogens with two attached hydrogens (primary N) is 1. The van der Waals surface area contributed by atoms with Crippen LogP contribution in [0.25, 0.3) is 5.57 Å². The molecule has 0 amide bonds. The lowest BCUT2D eigenvalue weighted by Gasteiger charge is -2.08. The average molecular weight is 177 g/mol. The maximum absolute atomic E-state index is 5.80. The molecule has 13 heavy (non-hydrogen) atoms. The third-order valence-electron chi connectivity index (χ3n) is 2.07. The van der Waals surface area contributed by atoms with E-state index < -0.39 is 0 Å². The van der Waals surface area contributed by atoms with Gasteiger partial charge in [-0.05, 0) is 30.2 Å². The number of anilines is 1. The highest BCUT2D eigenvalue weighted by atomic mass is 16.5. The number of nitrogen functional groups attached to an aromatic ring is 1. The minimum absolute atomic E-state index is 0.757. The number of hydrogen-bond donors (Lipinski definition) is 1. The van der Waals surface area contributed by atoms with Crippen LogP contribution in [0.5, 0.6) is 5.75 Å². The Bertz CT molecular complexity index is 318. The first-order valence-electron chi connectivity index (χ1n) is 4.30. The lowest BCUT2D eigenvalue weighted by Crippen LogP contribution is -1.94. The Balaban J connectivity index is 3.11. The second-order valence-corrected chi connectivity index (χ2v) is 2.91. The van der Waals surface area contributed by atoms with E-state index in [2.05, 4.69) is 13.5 Å². The van der Waals surface area contributed by atoms with Gasteiger partial charge in [0.05, 0.1) is 7.11 Å². The summed E-state index contributed by atoms with van der Waals surface area (Å²) in [6.45, 7) is 6.00. The molecule has 0 spiro atoms. The second kappa shape index (κ2) is 3.99.